The van der Waals surface area contributed by atoms with Crippen LogP contribution < -0.4 is 11.3 Å². The molecule has 1 aromatic rings. The summed E-state index contributed by atoms with van der Waals surface area (Å²) in [5.41, 5.74) is 3.09. The molecule has 104 valence electrons. The van der Waals surface area contributed by atoms with Crippen LogP contribution in [-0.4, -0.2) is 46.4 Å². The van der Waals surface area contributed by atoms with E-state index in [4.69, 9.17) is 5.84 Å². The Balaban J connectivity index is 2.21. The van der Waals surface area contributed by atoms with Crippen LogP contribution in [-0.2, 0) is 11.3 Å². The van der Waals surface area contributed by atoms with E-state index < -0.39 is 5.54 Å². The lowest BCUT2D eigenvalue weighted by Gasteiger charge is -2.44. The van der Waals surface area contributed by atoms with Gasteiger partial charge in [-0.2, -0.15) is 0 Å². The Hall–Kier alpha value is -1.66. The van der Waals surface area contributed by atoms with Gasteiger partial charge in [0, 0.05) is 38.4 Å². The summed E-state index contributed by atoms with van der Waals surface area (Å²) in [5, 5.41) is 0. The van der Waals surface area contributed by atoms with Gasteiger partial charge in [-0.1, -0.05) is 6.07 Å². The number of likely N-dealkylation sites (N-methyl/N-ethyl adjacent to an activating group) is 1. The van der Waals surface area contributed by atoms with Crippen molar-refractivity contribution in [2.45, 2.75) is 25.9 Å². The van der Waals surface area contributed by atoms with Crippen molar-refractivity contribution >= 4 is 11.7 Å². The molecule has 0 unspecified atom stereocenters. The number of piperazine rings is 1. The second kappa shape index (κ2) is 5.14. The fraction of sp³-hybridized carbons (Fsp3) is 0.538. The van der Waals surface area contributed by atoms with Crippen molar-refractivity contribution in [3.8, 4) is 0 Å². The van der Waals surface area contributed by atoms with Gasteiger partial charge in [-0.3, -0.25) is 9.69 Å². The van der Waals surface area contributed by atoms with Gasteiger partial charge in [0.05, 0.1) is 5.54 Å². The molecule has 2 heterocycles. The molecule has 0 saturated carbocycles. The molecular weight excluding hydrogens is 242 g/mol. The number of pyridine rings is 1. The zero-order chi connectivity index (χ0) is 14.0. The van der Waals surface area contributed by atoms with E-state index in [1.54, 1.807) is 11.1 Å². The first kappa shape index (κ1) is 13.8. The number of hydrazine groups is 1. The van der Waals surface area contributed by atoms with E-state index in [1.165, 1.54) is 0 Å². The summed E-state index contributed by atoms with van der Waals surface area (Å²) in [4.78, 5) is 20.4. The number of hydrogen-bond donors (Lipinski definition) is 2. The molecule has 0 bridgehead atoms. The molecule has 2 rings (SSSR count). The monoisotopic (exact) mass is 263 g/mol. The lowest BCUT2D eigenvalue weighted by molar-refractivity contribution is -0.147. The molecule has 1 aliphatic rings. The minimum atomic E-state index is -0.505. The maximum atomic E-state index is 12.2. The predicted octanol–water partition coefficient (Wildman–Crippen LogP) is 0.420. The molecule has 6 heteroatoms. The van der Waals surface area contributed by atoms with Gasteiger partial charge >= 0.3 is 0 Å². The fourth-order valence-corrected chi connectivity index (χ4v) is 2.43. The number of anilines is 1. The Bertz CT molecular complexity index is 474. The van der Waals surface area contributed by atoms with E-state index in [-0.39, 0.29) is 5.91 Å². The number of aromatic nitrogens is 1. The van der Waals surface area contributed by atoms with Gasteiger partial charge in [0.1, 0.15) is 5.82 Å². The second-order valence-corrected chi connectivity index (χ2v) is 5.36. The van der Waals surface area contributed by atoms with Crippen molar-refractivity contribution in [3.05, 3.63) is 23.9 Å². The van der Waals surface area contributed by atoms with Crippen molar-refractivity contribution in [3.63, 3.8) is 0 Å². The average Bonchev–Trinajstić information content (AvgIpc) is 2.40. The lowest BCUT2D eigenvalue weighted by Crippen LogP contribution is -2.61. The highest BCUT2D eigenvalue weighted by molar-refractivity contribution is 5.86. The van der Waals surface area contributed by atoms with Crippen LogP contribution >= 0.6 is 0 Å². The van der Waals surface area contributed by atoms with Crippen LogP contribution in [0.15, 0.2) is 18.3 Å². The Morgan fingerprint density at radius 2 is 2.21 bits per heavy atom. The molecule has 3 N–H and O–H groups in total. The standard InChI is InChI=1S/C13H21N5O/c1-13(2)12(19)17(3)7-8-18(13)9-10-5-4-6-15-11(10)16-14/h4-6H,7-9,14H2,1-3H3,(H,15,16). The molecule has 1 aromatic heterocycles. The maximum Gasteiger partial charge on any atom is 0.242 e. The Morgan fingerprint density at radius 1 is 1.47 bits per heavy atom. The van der Waals surface area contributed by atoms with Crippen molar-refractivity contribution in [1.82, 2.24) is 14.8 Å². The third kappa shape index (κ3) is 2.54. The van der Waals surface area contributed by atoms with E-state index in [2.05, 4.69) is 15.3 Å². The van der Waals surface area contributed by atoms with Crippen LogP contribution in [0.4, 0.5) is 5.82 Å². The average molecular weight is 263 g/mol. The number of carbonyl (C=O) groups is 1. The number of amides is 1. The third-order valence-corrected chi connectivity index (χ3v) is 3.76. The highest BCUT2D eigenvalue weighted by atomic mass is 16.2. The largest absolute Gasteiger partial charge is 0.343 e. The van der Waals surface area contributed by atoms with Crippen LogP contribution in [0, 0.1) is 0 Å². The molecular formula is C13H21N5O. The predicted molar refractivity (Wildman–Crippen MR) is 74.2 cm³/mol. The topological polar surface area (TPSA) is 74.5 Å². The van der Waals surface area contributed by atoms with E-state index in [0.717, 1.165) is 18.7 Å². The molecule has 0 aromatic carbocycles. The Morgan fingerprint density at radius 3 is 2.89 bits per heavy atom. The van der Waals surface area contributed by atoms with Gasteiger partial charge in [-0.15, -0.1) is 0 Å². The Labute approximate surface area is 113 Å². The van der Waals surface area contributed by atoms with Gasteiger partial charge in [-0.05, 0) is 19.9 Å². The van der Waals surface area contributed by atoms with Gasteiger partial charge in [0.15, 0.2) is 0 Å². The van der Waals surface area contributed by atoms with Crippen molar-refractivity contribution in [1.29, 1.82) is 0 Å². The van der Waals surface area contributed by atoms with Gasteiger partial charge < -0.3 is 10.3 Å². The van der Waals surface area contributed by atoms with Crippen LogP contribution in [0.25, 0.3) is 0 Å². The molecule has 1 saturated heterocycles. The molecule has 0 spiro atoms. The summed E-state index contributed by atoms with van der Waals surface area (Å²) in [6, 6.07) is 3.85. The summed E-state index contributed by atoms with van der Waals surface area (Å²) in [5.74, 6) is 6.27. The van der Waals surface area contributed by atoms with E-state index in [0.29, 0.717) is 12.4 Å². The third-order valence-electron chi connectivity index (χ3n) is 3.76. The van der Waals surface area contributed by atoms with E-state index in [1.807, 2.05) is 33.0 Å². The second-order valence-electron chi connectivity index (χ2n) is 5.36. The number of carbonyl (C=O) groups excluding carboxylic acids is 1. The number of nitrogen functional groups attached to an aromatic ring is 1. The summed E-state index contributed by atoms with van der Waals surface area (Å²) in [6.45, 7) is 6.15. The SMILES string of the molecule is CN1CCN(Cc2cccnc2NN)C(C)(C)C1=O. The van der Waals surface area contributed by atoms with Gasteiger partial charge in [0.25, 0.3) is 0 Å². The first-order valence-electron chi connectivity index (χ1n) is 6.38. The molecule has 0 aliphatic carbocycles. The number of nitrogens with one attached hydrogen (secondary N) is 1. The number of nitrogens with two attached hydrogens (primary N) is 1. The minimum Gasteiger partial charge on any atom is -0.343 e. The van der Waals surface area contributed by atoms with Crippen molar-refractivity contribution < 1.29 is 4.79 Å². The molecule has 1 aliphatic heterocycles. The van der Waals surface area contributed by atoms with Crippen LogP contribution in [0.3, 0.4) is 0 Å². The normalized spacial score (nSPS) is 19.6. The maximum absolute atomic E-state index is 12.2. The summed E-state index contributed by atoms with van der Waals surface area (Å²) >= 11 is 0. The summed E-state index contributed by atoms with van der Waals surface area (Å²) in [6.07, 6.45) is 1.69. The lowest BCUT2D eigenvalue weighted by atomic mass is 9.97. The molecule has 0 radical (unpaired) electrons. The number of nitrogens with zero attached hydrogens (tertiary/aromatic N) is 3. The molecule has 1 amide bonds. The minimum absolute atomic E-state index is 0.143. The highest BCUT2D eigenvalue weighted by Gasteiger charge is 2.40. The highest BCUT2D eigenvalue weighted by Crippen LogP contribution is 2.25. The van der Waals surface area contributed by atoms with Crippen LogP contribution in [0.1, 0.15) is 19.4 Å². The quantitative estimate of drug-likeness (QED) is 0.610. The molecule has 6 nitrogen and oxygen atoms in total. The van der Waals surface area contributed by atoms with Gasteiger partial charge in [0.2, 0.25) is 5.91 Å². The van der Waals surface area contributed by atoms with Gasteiger partial charge in [-0.25, -0.2) is 10.8 Å². The zero-order valence-corrected chi connectivity index (χ0v) is 11.7. The molecule has 19 heavy (non-hydrogen) atoms. The van der Waals surface area contributed by atoms with Crippen molar-refractivity contribution in [2.24, 2.45) is 5.84 Å². The Kier molecular flexibility index (Phi) is 3.73. The van der Waals surface area contributed by atoms with Crippen LogP contribution in [0.2, 0.25) is 0 Å². The molecule has 0 atom stereocenters. The van der Waals surface area contributed by atoms with E-state index >= 15 is 0 Å². The van der Waals surface area contributed by atoms with E-state index in [9.17, 15) is 4.79 Å². The van der Waals surface area contributed by atoms with Crippen molar-refractivity contribution in [2.75, 3.05) is 25.6 Å². The number of hydrogen-bond acceptors (Lipinski definition) is 5. The zero-order valence-electron chi connectivity index (χ0n) is 11.7. The first-order chi connectivity index (χ1) is 8.96. The smallest absolute Gasteiger partial charge is 0.242 e. The van der Waals surface area contributed by atoms with Crippen LogP contribution in [0.5, 0.6) is 0 Å². The summed E-state index contributed by atoms with van der Waals surface area (Å²) in [7, 11) is 1.85. The summed E-state index contributed by atoms with van der Waals surface area (Å²) < 4.78 is 0. The molecule has 1 fully saturated rings. The first-order valence-corrected chi connectivity index (χ1v) is 6.38. The number of rotatable bonds is 3. The fourth-order valence-electron chi connectivity index (χ4n) is 2.43.